The van der Waals surface area contributed by atoms with Crippen LogP contribution in [-0.2, 0) is 4.79 Å². The summed E-state index contributed by atoms with van der Waals surface area (Å²) in [4.78, 5) is 31.8. The average molecular weight is 248 g/mol. The third kappa shape index (κ3) is 3.12. The first-order valence-electron chi connectivity index (χ1n) is 4.89. The first-order chi connectivity index (χ1) is 8.45. The van der Waals surface area contributed by atoms with Gasteiger partial charge in [0.1, 0.15) is 11.6 Å². The molecule has 1 aromatic rings. The quantitative estimate of drug-likeness (QED) is 0.478. The van der Waals surface area contributed by atoms with Crippen LogP contribution in [0.2, 0.25) is 0 Å². The molecule has 0 heterocycles. The number of Topliss-reactive ketones (excluding diaryl/α,β-unsaturated/α-hetero) is 1. The van der Waals surface area contributed by atoms with Crippen molar-refractivity contribution in [1.82, 2.24) is 0 Å². The summed E-state index contributed by atoms with van der Waals surface area (Å²) in [7, 11) is 0. The fourth-order valence-electron chi connectivity index (χ4n) is 1.32. The molecule has 0 fully saturated rings. The van der Waals surface area contributed by atoms with E-state index < -0.39 is 22.4 Å². The number of nitro groups is 1. The zero-order chi connectivity index (χ0) is 13.7. The minimum absolute atomic E-state index is 0.0296. The minimum atomic E-state index is -1.12. The van der Waals surface area contributed by atoms with E-state index in [0.717, 1.165) is 6.07 Å². The molecular formula is C11H8N2O5. The third-order valence-electron chi connectivity index (χ3n) is 2.20. The largest absolute Gasteiger partial charge is 0.481 e. The van der Waals surface area contributed by atoms with Gasteiger partial charge in [-0.2, -0.15) is 5.26 Å². The number of hydrogen-bond donors (Lipinski definition) is 1. The fraction of sp³-hybridized carbons (Fsp3) is 0.182. The van der Waals surface area contributed by atoms with Crippen molar-refractivity contribution in [3.05, 3.63) is 39.4 Å². The molecule has 0 saturated heterocycles. The van der Waals surface area contributed by atoms with E-state index in [1.165, 1.54) is 12.1 Å². The molecule has 7 nitrogen and oxygen atoms in total. The normalized spacial score (nSPS) is 9.50. The number of nitrogens with zero attached hydrogens (tertiary/aromatic N) is 2. The van der Waals surface area contributed by atoms with Crippen LogP contribution in [0.15, 0.2) is 18.2 Å². The van der Waals surface area contributed by atoms with E-state index in [0.29, 0.717) is 0 Å². The van der Waals surface area contributed by atoms with Crippen LogP contribution in [0.3, 0.4) is 0 Å². The monoisotopic (exact) mass is 248 g/mol. The van der Waals surface area contributed by atoms with E-state index in [4.69, 9.17) is 10.4 Å². The Morgan fingerprint density at radius 2 is 2.06 bits per heavy atom. The zero-order valence-electron chi connectivity index (χ0n) is 9.12. The molecule has 0 radical (unpaired) electrons. The maximum atomic E-state index is 11.6. The summed E-state index contributed by atoms with van der Waals surface area (Å²) in [5.74, 6) is -1.63. The Labute approximate surface area is 101 Å². The molecule has 1 rings (SSSR count). The van der Waals surface area contributed by atoms with Crippen LogP contribution in [0.1, 0.15) is 28.8 Å². The number of aliphatic carboxylic acids is 1. The molecule has 0 aliphatic heterocycles. The summed E-state index contributed by atoms with van der Waals surface area (Å²) < 4.78 is 0. The topological polar surface area (TPSA) is 121 Å². The van der Waals surface area contributed by atoms with E-state index in [-0.39, 0.29) is 24.0 Å². The average Bonchev–Trinajstić information content (AvgIpc) is 2.34. The highest BCUT2D eigenvalue weighted by molar-refractivity contribution is 5.98. The second-order valence-corrected chi connectivity index (χ2v) is 3.42. The summed E-state index contributed by atoms with van der Waals surface area (Å²) in [6.45, 7) is 0. The van der Waals surface area contributed by atoms with Crippen LogP contribution in [0, 0.1) is 21.4 Å². The second-order valence-electron chi connectivity index (χ2n) is 3.42. The first-order valence-corrected chi connectivity index (χ1v) is 4.89. The van der Waals surface area contributed by atoms with Gasteiger partial charge in [-0.3, -0.25) is 19.7 Å². The van der Waals surface area contributed by atoms with Crippen LogP contribution in [0.4, 0.5) is 5.69 Å². The number of nitriles is 1. The molecule has 0 saturated carbocycles. The standard InChI is InChI=1S/C11H8N2O5/c12-6-8-2-1-7(5-9(8)13(17)18)10(14)3-4-11(15)16/h1-2,5H,3-4H2,(H,15,16). The number of carbonyl (C=O) groups excluding carboxylic acids is 1. The van der Waals surface area contributed by atoms with Crippen LogP contribution in [0.25, 0.3) is 0 Å². The molecule has 0 aromatic heterocycles. The summed E-state index contributed by atoms with van der Waals surface area (Å²) in [6.07, 6.45) is -0.578. The molecule has 0 spiro atoms. The van der Waals surface area contributed by atoms with Gasteiger partial charge < -0.3 is 5.11 Å². The Kier molecular flexibility index (Phi) is 4.10. The van der Waals surface area contributed by atoms with Gasteiger partial charge >= 0.3 is 5.97 Å². The van der Waals surface area contributed by atoms with Crippen LogP contribution in [0.5, 0.6) is 0 Å². The molecule has 92 valence electrons. The first kappa shape index (κ1) is 13.3. The van der Waals surface area contributed by atoms with Crippen LogP contribution < -0.4 is 0 Å². The van der Waals surface area contributed by atoms with Gasteiger partial charge in [0.2, 0.25) is 0 Å². The number of rotatable bonds is 5. The maximum absolute atomic E-state index is 11.6. The number of ketones is 1. The summed E-state index contributed by atoms with van der Waals surface area (Å²) in [6, 6.07) is 5.08. The van der Waals surface area contributed by atoms with Gasteiger partial charge in [-0.15, -0.1) is 0 Å². The number of carboxylic acid groups (broad SMARTS) is 1. The molecule has 1 N–H and O–H groups in total. The number of hydrogen-bond acceptors (Lipinski definition) is 5. The van der Waals surface area contributed by atoms with E-state index in [9.17, 15) is 19.7 Å². The summed E-state index contributed by atoms with van der Waals surface area (Å²) >= 11 is 0. The Balaban J connectivity index is 3.02. The molecular weight excluding hydrogens is 240 g/mol. The SMILES string of the molecule is N#Cc1ccc(C(=O)CCC(=O)O)cc1[N+](=O)[O-]. The molecule has 0 aliphatic rings. The van der Waals surface area contributed by atoms with E-state index in [1.54, 1.807) is 6.07 Å². The van der Waals surface area contributed by atoms with Crippen molar-refractivity contribution in [3.63, 3.8) is 0 Å². The van der Waals surface area contributed by atoms with Crippen molar-refractivity contribution in [1.29, 1.82) is 5.26 Å². The molecule has 7 heteroatoms. The Morgan fingerprint density at radius 3 is 2.56 bits per heavy atom. The molecule has 0 aliphatic carbocycles. The van der Waals surface area contributed by atoms with Gasteiger partial charge in [0.25, 0.3) is 5.69 Å². The van der Waals surface area contributed by atoms with Crippen molar-refractivity contribution in [2.24, 2.45) is 0 Å². The summed E-state index contributed by atoms with van der Waals surface area (Å²) in [5.41, 5.74) is -0.574. The lowest BCUT2D eigenvalue weighted by atomic mass is 10.0. The van der Waals surface area contributed by atoms with Gasteiger partial charge in [0.05, 0.1) is 11.3 Å². The maximum Gasteiger partial charge on any atom is 0.303 e. The van der Waals surface area contributed by atoms with E-state index >= 15 is 0 Å². The third-order valence-corrected chi connectivity index (χ3v) is 2.20. The van der Waals surface area contributed by atoms with Crippen molar-refractivity contribution < 1.29 is 19.6 Å². The van der Waals surface area contributed by atoms with Gasteiger partial charge in [-0.05, 0) is 12.1 Å². The number of carboxylic acids is 1. The molecule has 0 amide bonds. The lowest BCUT2D eigenvalue weighted by Gasteiger charge is -2.00. The Bertz CT molecular complexity index is 559. The van der Waals surface area contributed by atoms with Gasteiger partial charge in [-0.25, -0.2) is 0 Å². The molecule has 0 unspecified atom stereocenters. The predicted molar refractivity (Wildman–Crippen MR) is 59.0 cm³/mol. The summed E-state index contributed by atoms with van der Waals surface area (Å²) in [5, 5.41) is 27.8. The smallest absolute Gasteiger partial charge is 0.303 e. The van der Waals surface area contributed by atoms with Crippen molar-refractivity contribution in [3.8, 4) is 6.07 Å². The highest BCUT2D eigenvalue weighted by Gasteiger charge is 2.17. The van der Waals surface area contributed by atoms with Gasteiger partial charge in [0, 0.05) is 18.1 Å². The molecule has 0 atom stereocenters. The molecule has 18 heavy (non-hydrogen) atoms. The molecule has 0 bridgehead atoms. The van der Waals surface area contributed by atoms with Crippen LogP contribution >= 0.6 is 0 Å². The predicted octanol–water partition coefficient (Wildman–Crippen LogP) is 1.51. The van der Waals surface area contributed by atoms with E-state index in [1.807, 2.05) is 0 Å². The Morgan fingerprint density at radius 1 is 1.39 bits per heavy atom. The van der Waals surface area contributed by atoms with Gasteiger partial charge in [-0.1, -0.05) is 0 Å². The van der Waals surface area contributed by atoms with Gasteiger partial charge in [0.15, 0.2) is 5.78 Å². The van der Waals surface area contributed by atoms with Crippen LogP contribution in [-0.4, -0.2) is 21.8 Å². The van der Waals surface area contributed by atoms with E-state index in [2.05, 4.69) is 0 Å². The van der Waals surface area contributed by atoms with Crippen molar-refractivity contribution in [2.75, 3.05) is 0 Å². The highest BCUT2D eigenvalue weighted by Crippen LogP contribution is 2.20. The fourth-order valence-corrected chi connectivity index (χ4v) is 1.32. The minimum Gasteiger partial charge on any atom is -0.481 e. The second kappa shape index (κ2) is 5.54. The zero-order valence-corrected chi connectivity index (χ0v) is 9.12. The lowest BCUT2D eigenvalue weighted by molar-refractivity contribution is -0.385. The number of nitro benzene ring substituents is 1. The Hall–Kier alpha value is -2.75. The van der Waals surface area contributed by atoms with Crippen molar-refractivity contribution in [2.45, 2.75) is 12.8 Å². The number of carbonyl (C=O) groups is 2. The van der Waals surface area contributed by atoms with Crippen molar-refractivity contribution >= 4 is 17.4 Å². The lowest BCUT2D eigenvalue weighted by Crippen LogP contribution is -2.05. The number of benzene rings is 1. The molecule has 1 aromatic carbocycles. The highest BCUT2D eigenvalue weighted by atomic mass is 16.6.